The van der Waals surface area contributed by atoms with E-state index in [-0.39, 0.29) is 50.1 Å². The Labute approximate surface area is 240 Å². The molecule has 2 aromatic carbocycles. The van der Waals surface area contributed by atoms with E-state index in [1.54, 1.807) is 29.2 Å². The van der Waals surface area contributed by atoms with Crippen molar-refractivity contribution in [3.05, 3.63) is 65.5 Å². The van der Waals surface area contributed by atoms with Crippen molar-refractivity contribution in [2.24, 2.45) is 0 Å². The number of carbonyl (C=O) groups excluding carboxylic acids is 2. The zero-order valence-corrected chi connectivity index (χ0v) is 23.4. The lowest BCUT2D eigenvalue weighted by atomic mass is 10.1. The summed E-state index contributed by atoms with van der Waals surface area (Å²) in [6, 6.07) is 11.8. The van der Waals surface area contributed by atoms with Gasteiger partial charge in [-0.3, -0.25) is 9.59 Å². The number of β-amino-alcohol motifs (C(OH)–C–C–N with tert-alkyl or cyclic N) is 1. The average molecular weight is 584 g/mol. The summed E-state index contributed by atoms with van der Waals surface area (Å²) in [5.41, 5.74) is 0.651. The fourth-order valence-electron chi connectivity index (χ4n) is 4.15. The van der Waals surface area contributed by atoms with Gasteiger partial charge in [-0.25, -0.2) is 4.39 Å². The van der Waals surface area contributed by atoms with Crippen LogP contribution in [0.4, 0.5) is 4.39 Å². The molecule has 0 saturated carbocycles. The monoisotopic (exact) mass is 583 g/mol. The summed E-state index contributed by atoms with van der Waals surface area (Å²) in [5.74, 6) is -0.586. The van der Waals surface area contributed by atoms with Crippen molar-refractivity contribution in [3.8, 4) is 5.75 Å². The quantitative estimate of drug-likeness (QED) is 0.375. The Balaban J connectivity index is 0.00000560. The minimum atomic E-state index is -1.55. The average Bonchev–Trinajstić information content (AvgIpc) is 2.94. The number of nitrogens with zero attached hydrogens (tertiary/aromatic N) is 2. The van der Waals surface area contributed by atoms with Crippen LogP contribution in [-0.4, -0.2) is 115 Å². The maximum Gasteiger partial charge on any atom is 0.254 e. The van der Waals surface area contributed by atoms with Crippen LogP contribution < -0.4 is 10.1 Å². The summed E-state index contributed by atoms with van der Waals surface area (Å²) >= 11 is 0. The predicted octanol–water partition coefficient (Wildman–Crippen LogP) is 1.32. The van der Waals surface area contributed by atoms with Crippen molar-refractivity contribution in [3.63, 3.8) is 0 Å². The molecule has 1 aliphatic rings. The molecule has 0 spiro atoms. The molecule has 0 aromatic heterocycles. The van der Waals surface area contributed by atoms with E-state index in [4.69, 9.17) is 9.47 Å². The van der Waals surface area contributed by atoms with Crippen LogP contribution in [0.2, 0.25) is 0 Å². The summed E-state index contributed by atoms with van der Waals surface area (Å²) in [4.78, 5) is 29.6. The number of benzene rings is 2. The molecule has 10 nitrogen and oxygen atoms in total. The van der Waals surface area contributed by atoms with Crippen molar-refractivity contribution in [2.45, 2.75) is 31.2 Å². The molecule has 3 atom stereocenters. The van der Waals surface area contributed by atoms with E-state index in [1.807, 2.05) is 7.05 Å². The first-order valence-electron chi connectivity index (χ1n) is 13.1. The van der Waals surface area contributed by atoms with Crippen LogP contribution in [0.5, 0.6) is 5.75 Å². The van der Waals surface area contributed by atoms with E-state index in [1.165, 1.54) is 17.0 Å². The lowest BCUT2D eigenvalue weighted by Crippen LogP contribution is -2.50. The highest BCUT2D eigenvalue weighted by Gasteiger charge is 2.29. The molecule has 1 fully saturated rings. The predicted molar refractivity (Wildman–Crippen MR) is 149 cm³/mol. The Morgan fingerprint density at radius 1 is 0.925 bits per heavy atom. The lowest BCUT2D eigenvalue weighted by molar-refractivity contribution is -0.0932. The van der Waals surface area contributed by atoms with Crippen LogP contribution in [-0.2, 0) is 4.74 Å². The third kappa shape index (κ3) is 9.99. The molecule has 0 radical (unpaired) electrons. The van der Waals surface area contributed by atoms with Gasteiger partial charge in [-0.15, -0.1) is 12.4 Å². The molecule has 0 unspecified atom stereocenters. The summed E-state index contributed by atoms with van der Waals surface area (Å²) in [5, 5.41) is 34.2. The second-order valence-electron chi connectivity index (χ2n) is 9.43. The molecule has 40 heavy (non-hydrogen) atoms. The normalized spacial score (nSPS) is 21.2. The minimum absolute atomic E-state index is 0. The number of nitrogens with one attached hydrogen (secondary N) is 1. The molecule has 0 bridgehead atoms. The number of ether oxygens (including phenoxy) is 2. The molecule has 1 aliphatic heterocycles. The fourth-order valence-corrected chi connectivity index (χ4v) is 4.15. The van der Waals surface area contributed by atoms with E-state index < -0.39 is 30.0 Å². The van der Waals surface area contributed by atoms with Gasteiger partial charge in [0.15, 0.2) is 0 Å². The topological polar surface area (TPSA) is 132 Å². The van der Waals surface area contributed by atoms with Gasteiger partial charge in [0.1, 0.15) is 36.5 Å². The third-order valence-corrected chi connectivity index (χ3v) is 6.48. The van der Waals surface area contributed by atoms with E-state index in [9.17, 15) is 29.3 Å². The van der Waals surface area contributed by atoms with Gasteiger partial charge in [-0.2, -0.15) is 0 Å². The highest BCUT2D eigenvalue weighted by atomic mass is 35.5. The van der Waals surface area contributed by atoms with Crippen LogP contribution >= 0.6 is 12.4 Å². The Bertz CT molecular complexity index is 1050. The number of hydrogen-bond acceptors (Lipinski definition) is 8. The summed E-state index contributed by atoms with van der Waals surface area (Å²) < 4.78 is 24.5. The highest BCUT2D eigenvalue weighted by molar-refractivity contribution is 5.95. The second kappa shape index (κ2) is 17.1. The largest absolute Gasteiger partial charge is 0.492 e. The Morgan fingerprint density at radius 3 is 2.17 bits per heavy atom. The minimum Gasteiger partial charge on any atom is -0.492 e. The first-order valence-corrected chi connectivity index (χ1v) is 13.1. The van der Waals surface area contributed by atoms with Crippen molar-refractivity contribution in [1.29, 1.82) is 0 Å². The number of amides is 2. The molecule has 1 saturated heterocycles. The zero-order chi connectivity index (χ0) is 28.2. The SMILES string of the molecule is CNCCOc1ccc(C(=O)N2CCCCOC[C@@H](O)[C@H](O)[C@@H](O)CN(C(=O)c3ccc(F)cc3)CC2)cc1.Cl. The number of carbonyl (C=O) groups is 2. The smallest absolute Gasteiger partial charge is 0.254 e. The van der Waals surface area contributed by atoms with Gasteiger partial charge in [0.05, 0.1) is 6.61 Å². The second-order valence-corrected chi connectivity index (χ2v) is 9.43. The fraction of sp³-hybridized carbons (Fsp3) is 0.500. The van der Waals surface area contributed by atoms with E-state index >= 15 is 0 Å². The van der Waals surface area contributed by atoms with Gasteiger partial charge in [-0.05, 0) is 68.4 Å². The van der Waals surface area contributed by atoms with E-state index in [0.29, 0.717) is 50.5 Å². The molecular weight excluding hydrogens is 545 g/mol. The standard InChI is InChI=1S/C28H38FN3O7.ClH/c1-30-12-17-39-23-10-6-21(7-11-23)27(36)31-13-2-3-16-38-19-25(34)26(35)24(33)18-32(15-14-31)28(37)20-4-8-22(29)9-5-20;/h4-11,24-26,30,33-35H,2-3,12-19H2,1H3;1H/t24-,25+,26+;/m0./s1. The van der Waals surface area contributed by atoms with Gasteiger partial charge in [0.2, 0.25) is 0 Å². The number of likely N-dealkylation sites (N-methyl/N-ethyl adjacent to an activating group) is 1. The van der Waals surface area contributed by atoms with Crippen LogP contribution in [0.3, 0.4) is 0 Å². The molecule has 4 N–H and O–H groups in total. The Morgan fingerprint density at radius 2 is 1.52 bits per heavy atom. The number of aliphatic hydroxyl groups is 3. The van der Waals surface area contributed by atoms with Gasteiger partial charge in [0.25, 0.3) is 11.8 Å². The Kier molecular flexibility index (Phi) is 14.3. The number of hydrogen-bond donors (Lipinski definition) is 4. The van der Waals surface area contributed by atoms with Gasteiger partial charge in [-0.1, -0.05) is 0 Å². The van der Waals surface area contributed by atoms with Crippen LogP contribution in [0, 0.1) is 5.82 Å². The van der Waals surface area contributed by atoms with Crippen LogP contribution in [0.1, 0.15) is 33.6 Å². The van der Waals surface area contributed by atoms with Crippen LogP contribution in [0.25, 0.3) is 0 Å². The summed E-state index contributed by atoms with van der Waals surface area (Å²) in [6.07, 6.45) is -3.15. The summed E-state index contributed by atoms with van der Waals surface area (Å²) in [6.45, 7) is 1.60. The molecule has 2 amide bonds. The van der Waals surface area contributed by atoms with E-state index in [0.717, 1.165) is 12.1 Å². The van der Waals surface area contributed by atoms with Crippen molar-refractivity contribution >= 4 is 24.2 Å². The van der Waals surface area contributed by atoms with E-state index in [2.05, 4.69) is 5.32 Å². The summed E-state index contributed by atoms with van der Waals surface area (Å²) in [7, 11) is 1.83. The molecule has 2 aromatic rings. The number of aliphatic hydroxyl groups excluding tert-OH is 3. The van der Waals surface area contributed by atoms with Crippen LogP contribution in [0.15, 0.2) is 48.5 Å². The van der Waals surface area contributed by atoms with Gasteiger partial charge >= 0.3 is 0 Å². The van der Waals surface area contributed by atoms with Crippen molar-refractivity contribution in [2.75, 3.05) is 59.6 Å². The van der Waals surface area contributed by atoms with Crippen molar-refractivity contribution < 1.29 is 38.8 Å². The lowest BCUT2D eigenvalue weighted by Gasteiger charge is -2.32. The molecule has 222 valence electrons. The van der Waals surface area contributed by atoms with Gasteiger partial charge < -0.3 is 39.9 Å². The first kappa shape index (κ1) is 33.4. The number of rotatable bonds is 6. The van der Waals surface area contributed by atoms with Crippen molar-refractivity contribution in [1.82, 2.24) is 15.1 Å². The zero-order valence-electron chi connectivity index (χ0n) is 22.6. The first-order chi connectivity index (χ1) is 18.8. The maximum atomic E-state index is 13.4. The number of halogens is 2. The molecule has 3 rings (SSSR count). The van der Waals surface area contributed by atoms with Gasteiger partial charge in [0, 0.05) is 50.5 Å². The molecule has 0 aliphatic carbocycles. The molecule has 12 heteroatoms. The Hall–Kier alpha value is -2.80. The third-order valence-electron chi connectivity index (χ3n) is 6.48. The molecule has 1 heterocycles. The maximum absolute atomic E-state index is 13.4. The highest BCUT2D eigenvalue weighted by Crippen LogP contribution is 2.16. The molecular formula is C28H39ClFN3O7.